The van der Waals surface area contributed by atoms with Gasteiger partial charge in [-0.05, 0) is 35.9 Å². The molecule has 0 unspecified atom stereocenters. The van der Waals surface area contributed by atoms with E-state index in [4.69, 9.17) is 0 Å². The van der Waals surface area contributed by atoms with Crippen molar-refractivity contribution in [2.45, 2.75) is 0 Å². The van der Waals surface area contributed by atoms with Crippen LogP contribution < -0.4 is 5.32 Å². The molecule has 5 rings (SSSR count). The molecule has 0 aliphatic carbocycles. The van der Waals surface area contributed by atoms with Crippen LogP contribution in [0.25, 0.3) is 27.7 Å². The summed E-state index contributed by atoms with van der Waals surface area (Å²) < 4.78 is 1.84. The zero-order valence-electron chi connectivity index (χ0n) is 13.1. The largest absolute Gasteiger partial charge is 0.345 e. The molecule has 0 aliphatic heterocycles. The van der Waals surface area contributed by atoms with Crippen LogP contribution in [0.3, 0.4) is 0 Å². The number of hydrogen-bond donors (Lipinski definition) is 2. The Bertz CT molecular complexity index is 1170. The molecule has 0 saturated heterocycles. The highest BCUT2D eigenvalue weighted by Gasteiger charge is 2.10. The van der Waals surface area contributed by atoms with Gasteiger partial charge in [0.05, 0.1) is 5.52 Å². The highest BCUT2D eigenvalue weighted by atomic mass is 15.2. The predicted octanol–water partition coefficient (Wildman–Crippen LogP) is 3.41. The van der Waals surface area contributed by atoms with Gasteiger partial charge < -0.3 is 10.3 Å². The van der Waals surface area contributed by atoms with Crippen molar-refractivity contribution in [3.05, 3.63) is 67.5 Å². The summed E-state index contributed by atoms with van der Waals surface area (Å²) in [5, 5.41) is 8.37. The van der Waals surface area contributed by atoms with E-state index in [1.807, 2.05) is 47.4 Å². The van der Waals surface area contributed by atoms with Gasteiger partial charge in [0.15, 0.2) is 0 Å². The number of rotatable bonds is 3. The first kappa shape index (κ1) is 13.7. The second-order valence-corrected chi connectivity index (χ2v) is 5.64. The molecule has 7 heteroatoms. The van der Waals surface area contributed by atoms with Crippen molar-refractivity contribution in [1.29, 1.82) is 0 Å². The van der Waals surface area contributed by atoms with Gasteiger partial charge in [-0.2, -0.15) is 10.1 Å². The van der Waals surface area contributed by atoms with Crippen LogP contribution in [0, 0.1) is 0 Å². The quantitative estimate of drug-likeness (QED) is 0.530. The lowest BCUT2D eigenvalue weighted by Crippen LogP contribution is -1.96. The van der Waals surface area contributed by atoms with Gasteiger partial charge in [0.1, 0.15) is 5.65 Å². The van der Waals surface area contributed by atoms with Crippen LogP contribution >= 0.6 is 0 Å². The lowest BCUT2D eigenvalue weighted by Gasteiger charge is -2.04. The van der Waals surface area contributed by atoms with Crippen molar-refractivity contribution in [1.82, 2.24) is 29.5 Å². The number of hydrogen-bond acceptors (Lipinski definition) is 5. The number of nitrogens with zero attached hydrogens (tertiary/aromatic N) is 5. The zero-order chi connectivity index (χ0) is 16.6. The van der Waals surface area contributed by atoms with Crippen LogP contribution in [-0.2, 0) is 0 Å². The highest BCUT2D eigenvalue weighted by molar-refractivity contribution is 5.94. The van der Waals surface area contributed by atoms with Gasteiger partial charge in [-0.15, -0.1) is 0 Å². The summed E-state index contributed by atoms with van der Waals surface area (Å²) in [6.07, 6.45) is 11.0. The first-order chi connectivity index (χ1) is 12.4. The maximum atomic E-state index is 4.55. The third-order valence-electron chi connectivity index (χ3n) is 4.08. The maximum absolute atomic E-state index is 4.55. The van der Waals surface area contributed by atoms with Crippen LogP contribution in [0.2, 0.25) is 0 Å². The van der Waals surface area contributed by atoms with E-state index in [9.17, 15) is 0 Å². The summed E-state index contributed by atoms with van der Waals surface area (Å²) in [6.45, 7) is 0. The lowest BCUT2D eigenvalue weighted by molar-refractivity contribution is 0.962. The van der Waals surface area contributed by atoms with E-state index in [-0.39, 0.29) is 0 Å². The molecule has 7 nitrogen and oxygen atoms in total. The minimum Gasteiger partial charge on any atom is -0.345 e. The summed E-state index contributed by atoms with van der Waals surface area (Å²) in [5.74, 6) is 0.540. The van der Waals surface area contributed by atoms with E-state index in [0.717, 1.165) is 33.4 Å². The predicted molar refractivity (Wildman–Crippen MR) is 95.6 cm³/mol. The molecule has 5 heterocycles. The van der Waals surface area contributed by atoms with Gasteiger partial charge in [0.2, 0.25) is 5.95 Å². The van der Waals surface area contributed by atoms with Crippen molar-refractivity contribution in [3.8, 4) is 11.1 Å². The van der Waals surface area contributed by atoms with Crippen LogP contribution in [-0.4, -0.2) is 29.5 Å². The summed E-state index contributed by atoms with van der Waals surface area (Å²) in [5.41, 5.74) is 4.89. The number of anilines is 2. The Labute approximate surface area is 142 Å². The van der Waals surface area contributed by atoms with Gasteiger partial charge in [-0.1, -0.05) is 0 Å². The molecule has 25 heavy (non-hydrogen) atoms. The van der Waals surface area contributed by atoms with Gasteiger partial charge in [0.25, 0.3) is 0 Å². The molecule has 2 N–H and O–H groups in total. The Kier molecular flexibility index (Phi) is 2.96. The molecule has 0 aliphatic rings. The fourth-order valence-electron chi connectivity index (χ4n) is 2.86. The van der Waals surface area contributed by atoms with Gasteiger partial charge in [-0.3, -0.25) is 4.98 Å². The van der Waals surface area contributed by atoms with Crippen molar-refractivity contribution in [2.75, 3.05) is 5.32 Å². The summed E-state index contributed by atoms with van der Waals surface area (Å²) in [4.78, 5) is 16.2. The third kappa shape index (κ3) is 2.38. The van der Waals surface area contributed by atoms with E-state index in [0.29, 0.717) is 5.95 Å². The zero-order valence-corrected chi connectivity index (χ0v) is 13.1. The van der Waals surface area contributed by atoms with Gasteiger partial charge in [0, 0.05) is 53.8 Å². The number of aromatic nitrogens is 6. The van der Waals surface area contributed by atoms with Gasteiger partial charge in [-0.25, -0.2) is 9.50 Å². The molecule has 0 aromatic carbocycles. The Morgan fingerprint density at radius 3 is 2.88 bits per heavy atom. The van der Waals surface area contributed by atoms with E-state index >= 15 is 0 Å². The van der Waals surface area contributed by atoms with E-state index < -0.39 is 0 Å². The second-order valence-electron chi connectivity index (χ2n) is 5.64. The Balaban J connectivity index is 1.54. The fraction of sp³-hybridized carbons (Fsp3) is 0. The molecule has 0 bridgehead atoms. The standard InChI is InChI=1S/C18H13N7/c1-5-19-6-2-13(1)23-18-21-11-16-15(10-20-17(16)24-18)12-4-8-25-14(9-12)3-7-22-25/h1-11H,(H2,19,20,21,23,24). The Morgan fingerprint density at radius 1 is 1.04 bits per heavy atom. The summed E-state index contributed by atoms with van der Waals surface area (Å²) in [7, 11) is 0. The summed E-state index contributed by atoms with van der Waals surface area (Å²) >= 11 is 0. The van der Waals surface area contributed by atoms with E-state index in [1.54, 1.807) is 18.6 Å². The van der Waals surface area contributed by atoms with Gasteiger partial charge >= 0.3 is 0 Å². The first-order valence-corrected chi connectivity index (χ1v) is 7.82. The number of aromatic amines is 1. The average Bonchev–Trinajstić information content (AvgIpc) is 3.28. The normalized spacial score (nSPS) is 11.2. The van der Waals surface area contributed by atoms with Crippen molar-refractivity contribution >= 4 is 28.2 Å². The van der Waals surface area contributed by atoms with Crippen molar-refractivity contribution in [2.24, 2.45) is 0 Å². The SMILES string of the molecule is c1cc(Nc2ncc3c(-c4ccn5nccc5c4)c[nH]c3n2)ccn1. The van der Waals surface area contributed by atoms with Crippen molar-refractivity contribution < 1.29 is 0 Å². The summed E-state index contributed by atoms with van der Waals surface area (Å²) in [6, 6.07) is 9.85. The highest BCUT2D eigenvalue weighted by Crippen LogP contribution is 2.28. The molecule has 5 aromatic heterocycles. The molecule has 5 aromatic rings. The minimum atomic E-state index is 0.540. The molecule has 0 atom stereocenters. The molecule has 0 radical (unpaired) electrons. The maximum Gasteiger partial charge on any atom is 0.229 e. The average molecular weight is 327 g/mol. The molecule has 120 valence electrons. The second kappa shape index (κ2) is 5.41. The molecule has 0 fully saturated rings. The third-order valence-corrected chi connectivity index (χ3v) is 4.08. The number of pyridine rings is 2. The number of fused-ring (bicyclic) bond motifs is 2. The van der Waals surface area contributed by atoms with Crippen molar-refractivity contribution in [3.63, 3.8) is 0 Å². The molecule has 0 spiro atoms. The molecular formula is C18H13N7. The Hall–Kier alpha value is -3.74. The van der Waals surface area contributed by atoms with Crippen LogP contribution in [0.1, 0.15) is 0 Å². The topological polar surface area (TPSA) is 83.8 Å². The molecular weight excluding hydrogens is 314 g/mol. The number of nitrogens with one attached hydrogen (secondary N) is 2. The van der Waals surface area contributed by atoms with E-state index in [1.165, 1.54) is 0 Å². The minimum absolute atomic E-state index is 0.540. The van der Waals surface area contributed by atoms with E-state index in [2.05, 4.69) is 36.4 Å². The van der Waals surface area contributed by atoms with Crippen LogP contribution in [0.5, 0.6) is 0 Å². The monoisotopic (exact) mass is 327 g/mol. The van der Waals surface area contributed by atoms with Crippen LogP contribution in [0.15, 0.2) is 67.5 Å². The smallest absolute Gasteiger partial charge is 0.229 e. The Morgan fingerprint density at radius 2 is 1.96 bits per heavy atom. The molecule has 0 amide bonds. The fourth-order valence-corrected chi connectivity index (χ4v) is 2.86. The van der Waals surface area contributed by atoms with Crippen LogP contribution in [0.4, 0.5) is 11.6 Å². The number of H-pyrrole nitrogens is 1. The first-order valence-electron chi connectivity index (χ1n) is 7.82. The lowest BCUT2D eigenvalue weighted by atomic mass is 10.1. The molecule has 0 saturated carbocycles.